The van der Waals surface area contributed by atoms with Gasteiger partial charge >= 0.3 is 0 Å². The van der Waals surface area contributed by atoms with Crippen LogP contribution in [0.5, 0.6) is 0 Å². The minimum atomic E-state index is -3.68. The molecule has 0 saturated carbocycles. The van der Waals surface area contributed by atoms with Crippen molar-refractivity contribution in [2.45, 2.75) is 184 Å². The van der Waals surface area contributed by atoms with E-state index in [1.807, 2.05) is 0 Å². The molecule has 11 nitrogen and oxygen atoms in total. The summed E-state index contributed by atoms with van der Waals surface area (Å²) in [4.78, 5) is 27.5. The highest BCUT2D eigenvalue weighted by Crippen LogP contribution is 2.44. The quantitative estimate of drug-likeness (QED) is 0.0297. The van der Waals surface area contributed by atoms with E-state index in [1.54, 1.807) is 0 Å². The molecule has 0 bridgehead atoms. The maximum absolute atomic E-state index is 13.9. The molecule has 7 atom stereocenters. The molecule has 11 heteroatoms. The van der Waals surface area contributed by atoms with Crippen LogP contribution in [0.2, 0.25) is 0 Å². The molecule has 0 aromatic carbocycles. The van der Waals surface area contributed by atoms with Gasteiger partial charge in [0.15, 0.2) is 17.2 Å². The Bertz CT molecular complexity index is 1250. The van der Waals surface area contributed by atoms with Gasteiger partial charge in [0.05, 0.1) is 13.2 Å². The van der Waals surface area contributed by atoms with Crippen molar-refractivity contribution in [3.05, 3.63) is 72.9 Å². The van der Waals surface area contributed by atoms with Gasteiger partial charge < -0.3 is 45.6 Å². The SMILES string of the molecule is CC/C=C\C/C=C\C/C=C\CCCCCCCC(=O)C(O)(CO)C(O)(C(=O)CCCCCCC/C=C\C/C=C\C/C=C\CC)C1(O)O[C@H](CO)[C@H](O)[C@H](O)[C@H]1O. The van der Waals surface area contributed by atoms with E-state index in [9.17, 15) is 50.4 Å². The number of unbranched alkanes of at least 4 members (excludes halogenated alkanes) is 10. The van der Waals surface area contributed by atoms with Gasteiger partial charge in [-0.3, -0.25) is 9.59 Å². The standard InChI is InChI=1S/C45H74O11/c1-3-5-7-9-11-13-15-17-19-21-23-25-27-29-31-33-38(48)43(53,36-47)44(54,45(55)42(52)41(51)40(50)37(35-46)56-45)39(49)34-32-30-28-26-24-22-20-18-16-14-12-10-8-6-4-2/h5-8,11-14,17-20,37,40-42,46-47,50-55H,3-4,9-10,15-16,21-36H2,1-2H3/b7-5-,8-6-,13-11-,14-12-,19-17-,20-18-/t37-,40+,41+,42-,43?,44?,45?/m1/s1. The number of ketones is 2. The molecule has 1 aliphatic rings. The van der Waals surface area contributed by atoms with Gasteiger partial charge in [-0.1, -0.05) is 125 Å². The first-order chi connectivity index (χ1) is 26.9. The first-order valence-electron chi connectivity index (χ1n) is 21.0. The largest absolute Gasteiger partial charge is 0.394 e. The number of hydrogen-bond acceptors (Lipinski definition) is 11. The molecule has 1 heterocycles. The van der Waals surface area contributed by atoms with Gasteiger partial charge in [0.25, 0.3) is 0 Å². The summed E-state index contributed by atoms with van der Waals surface area (Å²) in [6, 6.07) is 0. The highest BCUT2D eigenvalue weighted by Gasteiger charge is 2.75. The molecule has 0 spiro atoms. The Hall–Kier alpha value is -2.58. The molecule has 1 fully saturated rings. The zero-order chi connectivity index (χ0) is 41.7. The van der Waals surface area contributed by atoms with Crippen LogP contribution in [-0.4, -0.2) is 107 Å². The summed E-state index contributed by atoms with van der Waals surface area (Å²) in [5, 5.41) is 87.4. The number of aliphatic hydroxyl groups is 8. The third-order valence-corrected chi connectivity index (χ3v) is 10.3. The molecule has 0 aromatic rings. The fourth-order valence-corrected chi connectivity index (χ4v) is 6.78. The molecule has 1 rings (SSSR count). The second-order valence-electron chi connectivity index (χ2n) is 14.7. The van der Waals surface area contributed by atoms with Crippen LogP contribution in [0.1, 0.15) is 142 Å². The van der Waals surface area contributed by atoms with Crippen molar-refractivity contribution >= 4 is 11.6 Å². The molecule has 0 aliphatic carbocycles. The average molecular weight is 791 g/mol. The molecule has 8 N–H and O–H groups in total. The van der Waals surface area contributed by atoms with E-state index in [0.717, 1.165) is 89.9 Å². The summed E-state index contributed by atoms with van der Waals surface area (Å²) in [6.45, 7) is 1.66. The number of rotatable bonds is 32. The Labute approximate surface area is 335 Å². The second kappa shape index (κ2) is 29.6. The van der Waals surface area contributed by atoms with E-state index in [1.165, 1.54) is 0 Å². The van der Waals surface area contributed by atoms with Crippen molar-refractivity contribution < 1.29 is 55.2 Å². The minimum absolute atomic E-state index is 0.174. The lowest BCUT2D eigenvalue weighted by Crippen LogP contribution is -2.83. The molecular formula is C45H74O11. The van der Waals surface area contributed by atoms with Crippen molar-refractivity contribution in [1.82, 2.24) is 0 Å². The molecule has 0 amide bonds. The Morgan fingerprint density at radius 2 is 0.964 bits per heavy atom. The van der Waals surface area contributed by atoms with Crippen LogP contribution in [0.15, 0.2) is 72.9 Å². The molecule has 0 radical (unpaired) electrons. The third-order valence-electron chi connectivity index (χ3n) is 10.3. The summed E-state index contributed by atoms with van der Waals surface area (Å²) in [5.41, 5.74) is -7.04. The maximum atomic E-state index is 13.9. The lowest BCUT2D eigenvalue weighted by Gasteiger charge is -2.55. The van der Waals surface area contributed by atoms with Crippen LogP contribution in [0.4, 0.5) is 0 Å². The van der Waals surface area contributed by atoms with Gasteiger partial charge in [-0.15, -0.1) is 0 Å². The summed E-state index contributed by atoms with van der Waals surface area (Å²) >= 11 is 0. The fraction of sp³-hybridized carbons (Fsp3) is 0.689. The van der Waals surface area contributed by atoms with Gasteiger partial charge in [0.1, 0.15) is 24.4 Å². The number of carbonyl (C=O) groups is 2. The highest BCUT2D eigenvalue weighted by atomic mass is 16.7. The summed E-state index contributed by atoms with van der Waals surface area (Å²) in [7, 11) is 0. The molecule has 1 aliphatic heterocycles. The maximum Gasteiger partial charge on any atom is 0.235 e. The average Bonchev–Trinajstić information content (AvgIpc) is 3.20. The summed E-state index contributed by atoms with van der Waals surface area (Å²) in [5.74, 6) is -6.06. The van der Waals surface area contributed by atoms with E-state index >= 15 is 0 Å². The first-order valence-corrected chi connectivity index (χ1v) is 21.0. The van der Waals surface area contributed by atoms with Crippen LogP contribution in [0.3, 0.4) is 0 Å². The van der Waals surface area contributed by atoms with Crippen LogP contribution in [0, 0.1) is 0 Å². The van der Waals surface area contributed by atoms with Crippen molar-refractivity contribution in [1.29, 1.82) is 0 Å². The fourth-order valence-electron chi connectivity index (χ4n) is 6.78. The predicted molar refractivity (Wildman–Crippen MR) is 220 cm³/mol. The van der Waals surface area contributed by atoms with E-state index in [-0.39, 0.29) is 19.3 Å². The number of ether oxygens (including phenoxy) is 1. The number of aliphatic hydroxyl groups excluding tert-OH is 5. The topological polar surface area (TPSA) is 205 Å². The summed E-state index contributed by atoms with van der Waals surface area (Å²) < 4.78 is 5.29. The van der Waals surface area contributed by atoms with Crippen molar-refractivity contribution in [2.24, 2.45) is 0 Å². The van der Waals surface area contributed by atoms with Gasteiger partial charge in [0.2, 0.25) is 11.4 Å². The van der Waals surface area contributed by atoms with E-state index in [2.05, 4.69) is 86.8 Å². The number of Topliss-reactive ketones (excluding diaryl/α,β-unsaturated/α-hetero) is 2. The lowest BCUT2D eigenvalue weighted by atomic mass is 9.66. The van der Waals surface area contributed by atoms with Gasteiger partial charge in [-0.05, 0) is 77.0 Å². The number of carbonyl (C=O) groups excluding carboxylic acids is 2. The van der Waals surface area contributed by atoms with E-state index in [4.69, 9.17) is 4.74 Å². The van der Waals surface area contributed by atoms with Crippen molar-refractivity contribution in [2.75, 3.05) is 13.2 Å². The molecule has 56 heavy (non-hydrogen) atoms. The lowest BCUT2D eigenvalue weighted by molar-refractivity contribution is -0.409. The number of hydrogen-bond donors (Lipinski definition) is 8. The predicted octanol–water partition coefficient (Wildman–Crippen LogP) is 5.92. The van der Waals surface area contributed by atoms with Crippen LogP contribution >= 0.6 is 0 Å². The van der Waals surface area contributed by atoms with Crippen molar-refractivity contribution in [3.63, 3.8) is 0 Å². The molecular weight excluding hydrogens is 716 g/mol. The van der Waals surface area contributed by atoms with Crippen LogP contribution in [0.25, 0.3) is 0 Å². The van der Waals surface area contributed by atoms with Crippen molar-refractivity contribution in [3.8, 4) is 0 Å². The first kappa shape index (κ1) is 51.4. The van der Waals surface area contributed by atoms with E-state index in [0.29, 0.717) is 12.8 Å². The Balaban J connectivity index is 2.84. The third kappa shape index (κ3) is 16.3. The zero-order valence-corrected chi connectivity index (χ0v) is 34.1. The minimum Gasteiger partial charge on any atom is -0.394 e. The van der Waals surface area contributed by atoms with Gasteiger partial charge in [-0.2, -0.15) is 0 Å². The molecule has 0 aromatic heterocycles. The number of allylic oxidation sites excluding steroid dienone is 12. The smallest absolute Gasteiger partial charge is 0.235 e. The molecule has 320 valence electrons. The molecule has 1 saturated heterocycles. The van der Waals surface area contributed by atoms with E-state index < -0.39 is 72.6 Å². The summed E-state index contributed by atoms with van der Waals surface area (Å²) in [6.07, 6.45) is 30.1. The normalized spacial score (nSPS) is 24.4. The highest BCUT2D eigenvalue weighted by molar-refractivity contribution is 6.00. The van der Waals surface area contributed by atoms with Crippen LogP contribution < -0.4 is 0 Å². The Morgan fingerprint density at radius 1 is 0.571 bits per heavy atom. The zero-order valence-electron chi connectivity index (χ0n) is 34.1. The second-order valence-corrected chi connectivity index (χ2v) is 14.7. The molecule has 3 unspecified atom stereocenters. The van der Waals surface area contributed by atoms with Crippen LogP contribution in [-0.2, 0) is 14.3 Å². The Morgan fingerprint density at radius 3 is 1.39 bits per heavy atom. The van der Waals surface area contributed by atoms with Gasteiger partial charge in [0, 0.05) is 12.8 Å². The Kier molecular flexibility index (Phi) is 27.2. The monoisotopic (exact) mass is 791 g/mol. The van der Waals surface area contributed by atoms with Gasteiger partial charge in [-0.25, -0.2) is 0 Å².